The first-order valence-electron chi connectivity index (χ1n) is 3.23. The van der Waals surface area contributed by atoms with Gasteiger partial charge in [0.15, 0.2) is 6.10 Å². The van der Waals surface area contributed by atoms with Gasteiger partial charge in [0.05, 0.1) is 5.92 Å². The monoisotopic (exact) mass is 130 g/mol. The van der Waals surface area contributed by atoms with E-state index in [0.717, 1.165) is 6.42 Å². The molecule has 1 aliphatic rings. The molecule has 0 bridgehead atoms. The first-order valence-corrected chi connectivity index (χ1v) is 3.23. The minimum Gasteiger partial charge on any atom is -0.456 e. The Balaban J connectivity index is 2.44. The number of quaternary nitrogens is 1. The van der Waals surface area contributed by atoms with Crippen molar-refractivity contribution in [3.63, 3.8) is 0 Å². The van der Waals surface area contributed by atoms with Gasteiger partial charge in [-0.2, -0.15) is 0 Å². The smallest absolute Gasteiger partial charge is 0.309 e. The maximum atomic E-state index is 10.7. The van der Waals surface area contributed by atoms with Gasteiger partial charge in [-0.05, 0) is 0 Å². The Morgan fingerprint density at radius 2 is 2.56 bits per heavy atom. The van der Waals surface area contributed by atoms with Gasteiger partial charge in [0, 0.05) is 6.42 Å². The van der Waals surface area contributed by atoms with Crippen molar-refractivity contribution >= 4 is 5.97 Å². The van der Waals surface area contributed by atoms with Crippen molar-refractivity contribution in [2.45, 2.75) is 19.4 Å². The van der Waals surface area contributed by atoms with Crippen LogP contribution in [-0.4, -0.2) is 18.6 Å². The van der Waals surface area contributed by atoms with Crippen LogP contribution in [0.5, 0.6) is 0 Å². The summed E-state index contributed by atoms with van der Waals surface area (Å²) in [4.78, 5) is 10.7. The fraction of sp³-hybridized carbons (Fsp3) is 0.833. The van der Waals surface area contributed by atoms with Crippen LogP contribution in [0.25, 0.3) is 0 Å². The Labute approximate surface area is 54.2 Å². The zero-order valence-electron chi connectivity index (χ0n) is 5.59. The van der Waals surface area contributed by atoms with Crippen LogP contribution in [-0.2, 0) is 9.53 Å². The maximum Gasteiger partial charge on any atom is 0.309 e. The lowest BCUT2D eigenvalue weighted by atomic mass is 10.1. The molecule has 0 unspecified atom stereocenters. The summed E-state index contributed by atoms with van der Waals surface area (Å²) in [6.45, 7) is 2.59. The van der Waals surface area contributed by atoms with E-state index in [4.69, 9.17) is 4.74 Å². The summed E-state index contributed by atoms with van der Waals surface area (Å²) in [7, 11) is 0. The molecule has 0 aromatic rings. The predicted molar refractivity (Wildman–Crippen MR) is 31.4 cm³/mol. The SMILES string of the molecule is C[C@@H]1C[C@@H](C[NH3+])OC1=O. The molecule has 3 nitrogen and oxygen atoms in total. The van der Waals surface area contributed by atoms with Gasteiger partial charge in [-0.15, -0.1) is 0 Å². The molecule has 1 saturated heterocycles. The Kier molecular flexibility index (Phi) is 1.71. The van der Waals surface area contributed by atoms with Gasteiger partial charge in [-0.3, -0.25) is 4.79 Å². The van der Waals surface area contributed by atoms with Crippen molar-refractivity contribution in [2.24, 2.45) is 5.92 Å². The van der Waals surface area contributed by atoms with Crippen LogP contribution in [0.15, 0.2) is 0 Å². The largest absolute Gasteiger partial charge is 0.456 e. The normalized spacial score (nSPS) is 34.7. The van der Waals surface area contributed by atoms with Gasteiger partial charge in [0.2, 0.25) is 0 Å². The maximum absolute atomic E-state index is 10.7. The van der Waals surface area contributed by atoms with Crippen LogP contribution in [0.1, 0.15) is 13.3 Å². The number of carbonyl (C=O) groups excluding carboxylic acids is 1. The number of ether oxygens (including phenoxy) is 1. The van der Waals surface area contributed by atoms with Gasteiger partial charge in [0.25, 0.3) is 0 Å². The summed E-state index contributed by atoms with van der Waals surface area (Å²) in [6.07, 6.45) is 0.940. The fourth-order valence-electron chi connectivity index (χ4n) is 0.996. The van der Waals surface area contributed by atoms with Crippen LogP contribution >= 0.6 is 0 Å². The molecule has 0 amide bonds. The predicted octanol–water partition coefficient (Wildman–Crippen LogP) is -0.820. The Bertz CT molecular complexity index is 124. The molecule has 0 aromatic carbocycles. The van der Waals surface area contributed by atoms with Crippen molar-refractivity contribution < 1.29 is 15.3 Å². The van der Waals surface area contributed by atoms with E-state index in [-0.39, 0.29) is 18.0 Å². The average Bonchev–Trinajstić information content (AvgIpc) is 2.13. The van der Waals surface area contributed by atoms with Crippen LogP contribution in [0.3, 0.4) is 0 Å². The first-order chi connectivity index (χ1) is 4.24. The average molecular weight is 130 g/mol. The number of hydrogen-bond donors (Lipinski definition) is 1. The molecule has 9 heavy (non-hydrogen) atoms. The quantitative estimate of drug-likeness (QED) is 0.471. The topological polar surface area (TPSA) is 53.9 Å². The Morgan fingerprint density at radius 3 is 2.78 bits per heavy atom. The zero-order valence-corrected chi connectivity index (χ0v) is 5.59. The standard InChI is InChI=1S/C6H11NO2/c1-4-2-5(3-7)9-6(4)8/h4-5H,2-3,7H2,1H3/p+1/t4-,5+/m1/s1. The van der Waals surface area contributed by atoms with Crippen molar-refractivity contribution in [2.75, 3.05) is 6.54 Å². The van der Waals surface area contributed by atoms with Gasteiger partial charge >= 0.3 is 5.97 Å². The summed E-state index contributed by atoms with van der Waals surface area (Å²) >= 11 is 0. The lowest BCUT2D eigenvalue weighted by molar-refractivity contribution is -0.382. The lowest BCUT2D eigenvalue weighted by Gasteiger charge is -1.99. The molecule has 52 valence electrons. The molecular weight excluding hydrogens is 118 g/mol. The van der Waals surface area contributed by atoms with Crippen molar-refractivity contribution in [1.82, 2.24) is 0 Å². The highest BCUT2D eigenvalue weighted by Crippen LogP contribution is 2.18. The molecule has 1 rings (SSSR count). The first kappa shape index (κ1) is 6.55. The number of rotatable bonds is 1. The minimum atomic E-state index is -0.0661. The second kappa shape index (κ2) is 2.35. The third-order valence-corrected chi connectivity index (χ3v) is 1.62. The summed E-state index contributed by atoms with van der Waals surface area (Å²) in [6, 6.07) is 0. The van der Waals surface area contributed by atoms with Gasteiger partial charge in [-0.1, -0.05) is 6.92 Å². The summed E-state index contributed by atoms with van der Waals surface area (Å²) in [5, 5.41) is 0. The summed E-state index contributed by atoms with van der Waals surface area (Å²) in [5.41, 5.74) is 3.66. The molecule has 3 N–H and O–H groups in total. The molecule has 3 heteroatoms. The second-order valence-corrected chi connectivity index (χ2v) is 2.48. The van der Waals surface area contributed by atoms with E-state index < -0.39 is 0 Å². The molecule has 0 spiro atoms. The van der Waals surface area contributed by atoms with Gasteiger partial charge in [-0.25, -0.2) is 0 Å². The number of hydrogen-bond acceptors (Lipinski definition) is 2. The molecule has 0 radical (unpaired) electrons. The molecule has 0 aliphatic carbocycles. The van der Waals surface area contributed by atoms with Crippen molar-refractivity contribution in [3.8, 4) is 0 Å². The van der Waals surface area contributed by atoms with Crippen LogP contribution in [0.2, 0.25) is 0 Å². The van der Waals surface area contributed by atoms with E-state index in [0.29, 0.717) is 6.54 Å². The molecular formula is C6H12NO2+. The van der Waals surface area contributed by atoms with Crippen LogP contribution in [0.4, 0.5) is 0 Å². The molecule has 0 aromatic heterocycles. The molecule has 1 heterocycles. The number of carbonyl (C=O) groups is 1. The fourth-order valence-corrected chi connectivity index (χ4v) is 0.996. The van der Waals surface area contributed by atoms with Gasteiger partial charge < -0.3 is 10.5 Å². The molecule has 1 fully saturated rings. The molecule has 0 saturated carbocycles. The number of cyclic esters (lactones) is 1. The Morgan fingerprint density at radius 1 is 1.89 bits per heavy atom. The van der Waals surface area contributed by atoms with E-state index >= 15 is 0 Å². The van der Waals surface area contributed by atoms with E-state index in [9.17, 15) is 4.79 Å². The highest BCUT2D eigenvalue weighted by molar-refractivity contribution is 5.74. The van der Waals surface area contributed by atoms with E-state index in [1.165, 1.54) is 0 Å². The lowest BCUT2D eigenvalue weighted by Crippen LogP contribution is -2.55. The molecule has 2 atom stereocenters. The van der Waals surface area contributed by atoms with Crippen molar-refractivity contribution in [3.05, 3.63) is 0 Å². The van der Waals surface area contributed by atoms with Gasteiger partial charge in [0.1, 0.15) is 6.54 Å². The van der Waals surface area contributed by atoms with E-state index in [1.807, 2.05) is 6.92 Å². The third-order valence-electron chi connectivity index (χ3n) is 1.62. The van der Waals surface area contributed by atoms with Crippen LogP contribution in [0, 0.1) is 5.92 Å². The highest BCUT2D eigenvalue weighted by Gasteiger charge is 2.30. The summed E-state index contributed by atoms with van der Waals surface area (Å²) < 4.78 is 4.92. The summed E-state index contributed by atoms with van der Waals surface area (Å²) in [5.74, 6) is 0.0281. The Hall–Kier alpha value is -0.570. The second-order valence-electron chi connectivity index (χ2n) is 2.48. The highest BCUT2D eigenvalue weighted by atomic mass is 16.6. The van der Waals surface area contributed by atoms with Crippen LogP contribution < -0.4 is 5.73 Å². The molecule has 1 aliphatic heterocycles. The van der Waals surface area contributed by atoms with E-state index in [1.54, 1.807) is 0 Å². The zero-order chi connectivity index (χ0) is 6.85. The third kappa shape index (κ3) is 1.21. The van der Waals surface area contributed by atoms with Crippen molar-refractivity contribution in [1.29, 1.82) is 0 Å². The number of esters is 1. The minimum absolute atomic E-state index is 0.0661. The van der Waals surface area contributed by atoms with E-state index in [2.05, 4.69) is 5.73 Å².